The van der Waals surface area contributed by atoms with Crippen molar-refractivity contribution in [3.63, 3.8) is 0 Å². The van der Waals surface area contributed by atoms with E-state index in [1.165, 1.54) is 18.2 Å². The van der Waals surface area contributed by atoms with Crippen LogP contribution in [0.4, 0.5) is 23.8 Å². The monoisotopic (exact) mass is 532 g/mol. The molecule has 202 valence electrons. The van der Waals surface area contributed by atoms with Gasteiger partial charge in [-0.3, -0.25) is 9.69 Å². The zero-order valence-corrected chi connectivity index (χ0v) is 20.7. The van der Waals surface area contributed by atoms with Gasteiger partial charge in [0, 0.05) is 48.0 Å². The number of nitrogens with one attached hydrogen (secondary N) is 1. The van der Waals surface area contributed by atoms with Gasteiger partial charge in [0.25, 0.3) is 0 Å². The van der Waals surface area contributed by atoms with Crippen LogP contribution in [0.25, 0.3) is 10.9 Å². The maximum Gasteiger partial charge on any atom is 0.419 e. The van der Waals surface area contributed by atoms with E-state index in [2.05, 4.69) is 9.97 Å². The van der Waals surface area contributed by atoms with Crippen molar-refractivity contribution < 1.29 is 37.3 Å². The molecule has 5 rings (SSSR count). The normalized spacial score (nSPS) is 17.5. The maximum atomic E-state index is 13.8. The number of hydrogen-bond acceptors (Lipinski definition) is 6. The van der Waals surface area contributed by atoms with Crippen LogP contribution >= 0.6 is 0 Å². The third-order valence-electron chi connectivity index (χ3n) is 7.10. The zero-order valence-electron chi connectivity index (χ0n) is 20.7. The van der Waals surface area contributed by atoms with E-state index in [1.54, 1.807) is 23.1 Å². The third kappa shape index (κ3) is 4.94. The van der Waals surface area contributed by atoms with Crippen molar-refractivity contribution in [2.75, 3.05) is 31.6 Å². The Balaban J connectivity index is 1.39. The number of anilines is 1. The average molecular weight is 533 g/mol. The maximum absolute atomic E-state index is 13.8. The Bertz CT molecular complexity index is 1370. The average Bonchev–Trinajstić information content (AvgIpc) is 3.55. The van der Waals surface area contributed by atoms with Crippen molar-refractivity contribution in [3.05, 3.63) is 52.8 Å². The SMILES string of the molecule is COC(=O)CC1c2[nH]c3ccc(OCc4cnc(N5CCCC5)c(C(F)(F)F)c4)cc3c2CCN1C(=O)O. The number of esters is 1. The number of methoxy groups -OCH3 is 1. The smallest absolute Gasteiger partial charge is 0.419 e. The van der Waals surface area contributed by atoms with Crippen molar-refractivity contribution in [2.45, 2.75) is 44.5 Å². The summed E-state index contributed by atoms with van der Waals surface area (Å²) in [5.41, 5.74) is 1.75. The minimum atomic E-state index is -4.53. The van der Waals surface area contributed by atoms with Gasteiger partial charge in [-0.1, -0.05) is 0 Å². The van der Waals surface area contributed by atoms with E-state index in [0.717, 1.165) is 35.4 Å². The van der Waals surface area contributed by atoms with Gasteiger partial charge in [0.2, 0.25) is 0 Å². The first-order chi connectivity index (χ1) is 18.2. The first kappa shape index (κ1) is 25.7. The van der Waals surface area contributed by atoms with Gasteiger partial charge in [0.1, 0.15) is 18.2 Å². The van der Waals surface area contributed by atoms with E-state index in [1.807, 2.05) is 0 Å². The summed E-state index contributed by atoms with van der Waals surface area (Å²) in [6.45, 7) is 1.21. The minimum absolute atomic E-state index is 0.0453. The Morgan fingerprint density at radius 3 is 2.63 bits per heavy atom. The number of amides is 1. The Labute approximate surface area is 216 Å². The molecule has 38 heavy (non-hydrogen) atoms. The van der Waals surface area contributed by atoms with Crippen molar-refractivity contribution in [2.24, 2.45) is 0 Å². The summed E-state index contributed by atoms with van der Waals surface area (Å²) in [7, 11) is 1.25. The molecular formula is C26H27F3N4O5. The van der Waals surface area contributed by atoms with E-state index in [9.17, 15) is 27.9 Å². The molecule has 2 aliphatic rings. The minimum Gasteiger partial charge on any atom is -0.489 e. The molecule has 9 nitrogen and oxygen atoms in total. The number of alkyl halides is 3. The number of H-pyrrole nitrogens is 1. The fourth-order valence-corrected chi connectivity index (χ4v) is 5.25. The van der Waals surface area contributed by atoms with Crippen LogP contribution in [0.15, 0.2) is 30.5 Å². The van der Waals surface area contributed by atoms with E-state index >= 15 is 0 Å². The highest BCUT2D eigenvalue weighted by molar-refractivity contribution is 5.87. The number of benzene rings is 1. The van der Waals surface area contributed by atoms with Crippen LogP contribution in [0.2, 0.25) is 0 Å². The highest BCUT2D eigenvalue weighted by Crippen LogP contribution is 2.39. The number of fused-ring (bicyclic) bond motifs is 3. The van der Waals surface area contributed by atoms with Crippen LogP contribution in [0.1, 0.15) is 47.7 Å². The molecule has 0 radical (unpaired) electrons. The number of carbonyl (C=O) groups is 2. The van der Waals surface area contributed by atoms with Crippen molar-refractivity contribution in [1.82, 2.24) is 14.9 Å². The van der Waals surface area contributed by atoms with Gasteiger partial charge in [-0.2, -0.15) is 13.2 Å². The quantitative estimate of drug-likeness (QED) is 0.435. The molecule has 2 aliphatic heterocycles. The molecule has 1 aromatic carbocycles. The summed E-state index contributed by atoms with van der Waals surface area (Å²) >= 11 is 0. The summed E-state index contributed by atoms with van der Waals surface area (Å²) in [4.78, 5) is 34.0. The van der Waals surface area contributed by atoms with Crippen molar-refractivity contribution in [3.8, 4) is 5.75 Å². The predicted octanol–water partition coefficient (Wildman–Crippen LogP) is 4.90. The first-order valence-electron chi connectivity index (χ1n) is 12.3. The molecule has 4 heterocycles. The van der Waals surface area contributed by atoms with Crippen LogP contribution in [0.5, 0.6) is 5.75 Å². The standard InChI is InChI=1S/C26H27F3N4O5/c1-37-22(34)12-21-23-17(6-9-33(21)25(35)36)18-11-16(4-5-20(18)31-23)38-14-15-10-19(26(27,28)29)24(30-13-15)32-7-2-3-8-32/h4-5,10-11,13,21,31H,2-3,6-9,12,14H2,1H3,(H,35,36). The van der Waals surface area contributed by atoms with E-state index in [0.29, 0.717) is 36.5 Å². The summed E-state index contributed by atoms with van der Waals surface area (Å²) in [6, 6.07) is 5.59. The molecule has 1 fully saturated rings. The molecule has 1 amide bonds. The molecule has 1 atom stereocenters. The number of carbonyl (C=O) groups excluding carboxylic acids is 1. The number of aromatic amines is 1. The van der Waals surface area contributed by atoms with Gasteiger partial charge in [-0.25, -0.2) is 9.78 Å². The Morgan fingerprint density at radius 1 is 1.18 bits per heavy atom. The second kappa shape index (κ2) is 10.1. The molecule has 0 bridgehead atoms. The van der Waals surface area contributed by atoms with Gasteiger partial charge in [0.05, 0.1) is 25.1 Å². The first-order valence-corrected chi connectivity index (χ1v) is 12.3. The van der Waals surface area contributed by atoms with Crippen LogP contribution in [0, 0.1) is 0 Å². The fourth-order valence-electron chi connectivity index (χ4n) is 5.25. The van der Waals surface area contributed by atoms with Gasteiger partial charge in [0.15, 0.2) is 0 Å². The van der Waals surface area contributed by atoms with Crippen molar-refractivity contribution >= 4 is 28.8 Å². The van der Waals surface area contributed by atoms with Gasteiger partial charge >= 0.3 is 18.2 Å². The summed E-state index contributed by atoms with van der Waals surface area (Å²) in [6.07, 6.45) is -2.27. The lowest BCUT2D eigenvalue weighted by Gasteiger charge is -2.33. The molecule has 2 N–H and O–H groups in total. The van der Waals surface area contributed by atoms with Gasteiger partial charge in [-0.05, 0) is 49.1 Å². The fraction of sp³-hybridized carbons (Fsp3) is 0.423. The van der Waals surface area contributed by atoms with Gasteiger partial charge < -0.3 is 24.5 Å². The Morgan fingerprint density at radius 2 is 1.95 bits per heavy atom. The second-order valence-corrected chi connectivity index (χ2v) is 9.44. The summed E-state index contributed by atoms with van der Waals surface area (Å²) in [5, 5.41) is 10.4. The lowest BCUT2D eigenvalue weighted by molar-refractivity contribution is -0.142. The number of aromatic nitrogens is 2. The summed E-state index contributed by atoms with van der Waals surface area (Å²) < 4.78 is 51.9. The number of rotatable bonds is 6. The second-order valence-electron chi connectivity index (χ2n) is 9.44. The Hall–Kier alpha value is -3.96. The Kier molecular flexibility index (Phi) is 6.80. The molecule has 0 aliphatic carbocycles. The number of hydrogen-bond donors (Lipinski definition) is 2. The number of ether oxygens (including phenoxy) is 2. The number of carboxylic acid groups (broad SMARTS) is 1. The van der Waals surface area contributed by atoms with Crippen LogP contribution in [-0.2, 0) is 28.7 Å². The largest absolute Gasteiger partial charge is 0.489 e. The highest BCUT2D eigenvalue weighted by Gasteiger charge is 2.37. The number of halogens is 3. The third-order valence-corrected chi connectivity index (χ3v) is 7.10. The zero-order chi connectivity index (χ0) is 27.0. The predicted molar refractivity (Wildman–Crippen MR) is 131 cm³/mol. The number of pyridine rings is 1. The molecule has 2 aromatic heterocycles. The highest BCUT2D eigenvalue weighted by atomic mass is 19.4. The van der Waals surface area contributed by atoms with E-state index in [4.69, 9.17) is 9.47 Å². The lowest BCUT2D eigenvalue weighted by Crippen LogP contribution is -2.40. The van der Waals surface area contributed by atoms with Crippen LogP contribution in [-0.4, -0.2) is 58.8 Å². The van der Waals surface area contributed by atoms with Crippen molar-refractivity contribution in [1.29, 1.82) is 0 Å². The summed E-state index contributed by atoms with van der Waals surface area (Å²) in [5.74, 6) is -0.128. The lowest BCUT2D eigenvalue weighted by atomic mass is 9.95. The van der Waals surface area contributed by atoms with Crippen LogP contribution in [0.3, 0.4) is 0 Å². The van der Waals surface area contributed by atoms with Gasteiger partial charge in [-0.15, -0.1) is 0 Å². The van der Waals surface area contributed by atoms with Crippen LogP contribution < -0.4 is 9.64 Å². The molecule has 12 heteroatoms. The molecule has 1 saturated heterocycles. The molecule has 0 spiro atoms. The number of nitrogens with zero attached hydrogens (tertiary/aromatic N) is 3. The molecule has 3 aromatic rings. The molecular weight excluding hydrogens is 505 g/mol. The molecule has 1 unspecified atom stereocenters. The van der Waals surface area contributed by atoms with E-state index in [-0.39, 0.29) is 25.4 Å². The van der Waals surface area contributed by atoms with E-state index < -0.39 is 29.8 Å². The topological polar surface area (TPSA) is 108 Å². The molecule has 0 saturated carbocycles.